The van der Waals surface area contributed by atoms with E-state index in [0.717, 1.165) is 43.2 Å². The van der Waals surface area contributed by atoms with Gasteiger partial charge in [-0.1, -0.05) is 110 Å². The SMILES string of the molecule is CCCC[C@@H]1NC(=O)[C@H](CC)NC(=O)[C@H]([C@H](C)CC)NC(=O)[C@@H]2CSSC[C@H](NC(=O)CN)C(=O)N[C@@H](CSSC[C@@H](C(=O)O)NC(=O)[C@@H]3CCCN3C1=O)C(=O)N[C@@H](CO)C(=O)N[C@@H](CCCC)C(=O)N1CCC[C@H]1C(=O)N1CCC[C@H]1C(=O)N2. The van der Waals surface area contributed by atoms with E-state index in [0.29, 0.717) is 51.4 Å². The third-order valence-corrected chi connectivity index (χ3v) is 20.7. The number of unbranched alkanes of at least 4 members (excludes halogenated alkanes) is 2. The van der Waals surface area contributed by atoms with Crippen molar-refractivity contribution in [3.05, 3.63) is 0 Å². The molecule has 0 unspecified atom stereocenters. The second-order valence-corrected chi connectivity index (χ2v) is 27.1. The molecule has 12 amide bonds. The molecular weight excluding hydrogens is 1200 g/mol. The molecule has 28 nitrogen and oxygen atoms in total. The van der Waals surface area contributed by atoms with E-state index in [1.165, 1.54) is 14.7 Å². The van der Waals surface area contributed by atoms with Gasteiger partial charge in [-0.05, 0) is 63.7 Å². The van der Waals surface area contributed by atoms with Gasteiger partial charge in [-0.3, -0.25) is 57.5 Å². The maximum absolute atomic E-state index is 14.8. The normalized spacial score (nSPS) is 30.3. The minimum atomic E-state index is -1.71. The van der Waals surface area contributed by atoms with Gasteiger partial charge in [0.2, 0.25) is 70.9 Å². The number of carboxylic acids is 1. The molecule has 32 heteroatoms. The van der Waals surface area contributed by atoms with Gasteiger partial charge in [0.1, 0.15) is 72.5 Å². The predicted octanol–water partition coefficient (Wildman–Crippen LogP) is -2.02. The molecule has 0 radical (unpaired) electrons. The largest absolute Gasteiger partial charge is 0.480 e. The number of carbonyl (C=O) groups excluding carboxylic acids is 12. The summed E-state index contributed by atoms with van der Waals surface area (Å²) in [7, 11) is 3.75. The molecule has 5 aliphatic rings. The fraction of sp³-hybridized carbons (Fsp3) is 0.759. The van der Waals surface area contributed by atoms with Crippen molar-refractivity contribution >= 4 is 120 Å². The molecule has 0 saturated carbocycles. The van der Waals surface area contributed by atoms with Crippen molar-refractivity contribution in [2.75, 3.05) is 55.8 Å². The first-order valence-corrected chi connectivity index (χ1v) is 34.8. The molecule has 0 aromatic heterocycles. The zero-order chi connectivity index (χ0) is 63.2. The molecule has 5 rings (SSSR count). The first kappa shape index (κ1) is 71.2. The van der Waals surface area contributed by atoms with Gasteiger partial charge in [0, 0.05) is 42.6 Å². The number of aliphatic hydroxyl groups excluding tert-OH is 1. The number of amides is 12. The van der Waals surface area contributed by atoms with Crippen molar-refractivity contribution in [2.24, 2.45) is 11.7 Å². The molecule has 5 heterocycles. The van der Waals surface area contributed by atoms with Gasteiger partial charge >= 0.3 is 5.97 Å². The van der Waals surface area contributed by atoms with Gasteiger partial charge in [-0.25, -0.2) is 4.79 Å². The fourth-order valence-electron chi connectivity index (χ4n) is 10.6. The van der Waals surface area contributed by atoms with E-state index >= 15 is 0 Å². The molecule has 0 spiro atoms. The molecule has 5 fully saturated rings. The smallest absolute Gasteiger partial charge is 0.327 e. The summed E-state index contributed by atoms with van der Waals surface area (Å²) in [5.41, 5.74) is 5.66. The third kappa shape index (κ3) is 19.7. The zero-order valence-electron chi connectivity index (χ0n) is 49.5. The number of rotatable bonds is 13. The van der Waals surface area contributed by atoms with Crippen molar-refractivity contribution in [3.8, 4) is 0 Å². The Balaban J connectivity index is 1.62. The van der Waals surface area contributed by atoms with E-state index in [-0.39, 0.29) is 81.2 Å². The summed E-state index contributed by atoms with van der Waals surface area (Å²) in [6.07, 6.45) is 4.57. The molecule has 2 bridgehead atoms. The van der Waals surface area contributed by atoms with Crippen LogP contribution >= 0.6 is 43.2 Å². The van der Waals surface area contributed by atoms with Crippen LogP contribution in [0.2, 0.25) is 0 Å². The maximum atomic E-state index is 14.8. The highest BCUT2D eigenvalue weighted by atomic mass is 33.1. The van der Waals surface area contributed by atoms with Crippen LogP contribution in [0.4, 0.5) is 0 Å². The Bertz CT molecular complexity index is 2450. The zero-order valence-corrected chi connectivity index (χ0v) is 52.8. The Hall–Kier alpha value is -5.57. The number of hydrogen-bond donors (Lipinski definition) is 12. The minimum Gasteiger partial charge on any atom is -0.480 e. The van der Waals surface area contributed by atoms with E-state index in [1.54, 1.807) is 20.8 Å². The van der Waals surface area contributed by atoms with Crippen LogP contribution in [0.3, 0.4) is 0 Å². The number of nitrogens with one attached hydrogen (secondary N) is 9. The van der Waals surface area contributed by atoms with E-state index < -0.39 is 168 Å². The van der Waals surface area contributed by atoms with Crippen LogP contribution < -0.4 is 53.6 Å². The van der Waals surface area contributed by atoms with E-state index in [9.17, 15) is 72.5 Å². The summed E-state index contributed by atoms with van der Waals surface area (Å²) >= 11 is 0. The first-order valence-electron chi connectivity index (χ1n) is 29.8. The summed E-state index contributed by atoms with van der Waals surface area (Å²) in [4.78, 5) is 188. The number of fused-ring (bicyclic) bond motifs is 11. The van der Waals surface area contributed by atoms with Crippen molar-refractivity contribution < 1.29 is 72.5 Å². The highest BCUT2D eigenvalue weighted by Crippen LogP contribution is 2.29. The summed E-state index contributed by atoms with van der Waals surface area (Å²) in [5, 5.41) is 44.8. The topological polar surface area (TPSA) is 406 Å². The van der Waals surface area contributed by atoms with Gasteiger partial charge in [0.05, 0.1) is 13.2 Å². The summed E-state index contributed by atoms with van der Waals surface area (Å²) < 4.78 is 0. The Morgan fingerprint density at radius 3 is 1.51 bits per heavy atom. The summed E-state index contributed by atoms with van der Waals surface area (Å²) in [5.74, 6) is -12.4. The molecule has 0 aromatic carbocycles. The van der Waals surface area contributed by atoms with Crippen LogP contribution in [0, 0.1) is 5.92 Å². The van der Waals surface area contributed by atoms with Crippen LogP contribution in [0.25, 0.3) is 0 Å². The van der Waals surface area contributed by atoms with Crippen LogP contribution in [0.5, 0.6) is 0 Å². The Morgan fingerprint density at radius 1 is 0.547 bits per heavy atom. The minimum absolute atomic E-state index is 0.0454. The predicted molar refractivity (Wildman–Crippen MR) is 324 cm³/mol. The van der Waals surface area contributed by atoms with Crippen molar-refractivity contribution in [2.45, 2.75) is 197 Å². The van der Waals surface area contributed by atoms with Gasteiger partial charge < -0.3 is 78.5 Å². The van der Waals surface area contributed by atoms with E-state index in [1.807, 2.05) is 13.8 Å². The van der Waals surface area contributed by atoms with Crippen LogP contribution in [0.1, 0.15) is 125 Å². The lowest BCUT2D eigenvalue weighted by molar-refractivity contribution is -0.148. The molecule has 13 atom stereocenters. The van der Waals surface area contributed by atoms with Crippen molar-refractivity contribution in [3.63, 3.8) is 0 Å². The molecule has 482 valence electrons. The van der Waals surface area contributed by atoms with Gasteiger partial charge in [0.15, 0.2) is 0 Å². The third-order valence-electron chi connectivity index (χ3n) is 15.9. The van der Waals surface area contributed by atoms with Crippen molar-refractivity contribution in [1.29, 1.82) is 0 Å². The highest BCUT2D eigenvalue weighted by Gasteiger charge is 2.46. The molecule has 0 aromatic rings. The quantitative estimate of drug-likeness (QED) is 0.0886. The van der Waals surface area contributed by atoms with Crippen molar-refractivity contribution in [1.82, 2.24) is 62.6 Å². The number of carboxylic acid groups (broad SMARTS) is 1. The maximum Gasteiger partial charge on any atom is 0.327 e. The lowest BCUT2D eigenvalue weighted by atomic mass is 9.97. The summed E-state index contributed by atoms with van der Waals surface area (Å²) in [6, 6.07) is -15.9. The average Bonchev–Trinajstić information content (AvgIpc) is 2.91. The van der Waals surface area contributed by atoms with Crippen LogP contribution in [0.15, 0.2) is 0 Å². The molecule has 13 N–H and O–H groups in total. The molecule has 5 saturated heterocycles. The molecular formula is C54H87N13O15S4. The van der Waals surface area contributed by atoms with Gasteiger partial charge in [0.25, 0.3) is 0 Å². The number of nitrogens with zero attached hydrogens (tertiary/aromatic N) is 3. The van der Waals surface area contributed by atoms with Crippen LogP contribution in [-0.4, -0.2) is 230 Å². The molecule has 5 aliphatic heterocycles. The number of carbonyl (C=O) groups is 13. The number of aliphatic carboxylic acids is 1. The van der Waals surface area contributed by atoms with Crippen LogP contribution in [-0.2, 0) is 62.3 Å². The number of hydrogen-bond acceptors (Lipinski definition) is 19. The fourth-order valence-corrected chi connectivity index (χ4v) is 15.3. The Labute approximate surface area is 517 Å². The van der Waals surface area contributed by atoms with E-state index in [2.05, 4.69) is 47.9 Å². The number of nitrogens with two attached hydrogens (primary N) is 1. The highest BCUT2D eigenvalue weighted by molar-refractivity contribution is 8.77. The van der Waals surface area contributed by atoms with Gasteiger partial charge in [-0.2, -0.15) is 0 Å². The Kier molecular flexibility index (Phi) is 29.3. The average molecular weight is 1290 g/mol. The van der Waals surface area contributed by atoms with E-state index in [4.69, 9.17) is 5.73 Å². The lowest BCUT2D eigenvalue weighted by Gasteiger charge is -2.34. The second kappa shape index (κ2) is 35.4. The molecule has 0 aliphatic carbocycles. The molecule has 86 heavy (non-hydrogen) atoms. The monoisotopic (exact) mass is 1290 g/mol. The standard InChI is InChI=1S/C54H87N13O15S4/c1-6-10-15-31-51(78)65-20-12-17-38(65)49(76)63-37(54(81)82)28-86-85-26-35-46(73)60-33(24-68)44(71)59-32(16-11-7-2)52(79)67-22-14-19-40(67)53(80)66-21-13-18-39(66)48(75)62-36(27-84-83-25-34(45(72)61-35)56-41(69)23-55)47(74)64-42(29(5)8-3)50(77)57-30(9-4)43(70)58-31/h29-40,42,68H,6-28,55H2,1-5H3,(H,56,69)(H,57,77)(H,58,70)(H,59,71)(H,60,73)(H,61,72)(H,62,75)(H,63,76)(H,64,74)(H,81,82)/t29-,30+,31+,32+,33+,34+,35+,36+,37+,38+,39+,40+,42+/m1/s1. The summed E-state index contributed by atoms with van der Waals surface area (Å²) in [6.45, 7) is 7.71. The second-order valence-electron chi connectivity index (χ2n) is 22.0. The lowest BCUT2D eigenvalue weighted by Crippen LogP contribution is -2.61. The van der Waals surface area contributed by atoms with Gasteiger partial charge in [-0.15, -0.1) is 0 Å². The Morgan fingerprint density at radius 2 is 1.00 bits per heavy atom. The number of aliphatic hydroxyl groups is 1. The first-order chi connectivity index (χ1) is 41.1.